The molecule has 0 radical (unpaired) electrons. The summed E-state index contributed by atoms with van der Waals surface area (Å²) in [5.41, 5.74) is 4.80. The van der Waals surface area contributed by atoms with Crippen molar-refractivity contribution in [1.29, 1.82) is 0 Å². The number of dihydropyridines is 1. The van der Waals surface area contributed by atoms with Gasteiger partial charge in [-0.1, -0.05) is 36.4 Å². The second-order valence-electron chi connectivity index (χ2n) is 8.64. The number of nitrogens with one attached hydrogen (secondary N) is 2. The largest absolute Gasteiger partial charge is 0.362 e. The van der Waals surface area contributed by atoms with Gasteiger partial charge in [0.1, 0.15) is 5.82 Å². The summed E-state index contributed by atoms with van der Waals surface area (Å²) in [7, 11) is 0. The second kappa shape index (κ2) is 9.06. The van der Waals surface area contributed by atoms with E-state index in [0.717, 1.165) is 11.3 Å². The maximum atomic E-state index is 13.5. The second-order valence-corrected chi connectivity index (χ2v) is 8.64. The van der Waals surface area contributed by atoms with Gasteiger partial charge >= 0.3 is 0 Å². The number of pyridine rings is 1. The summed E-state index contributed by atoms with van der Waals surface area (Å²) >= 11 is 0. The van der Waals surface area contributed by atoms with Crippen LogP contribution in [0.2, 0.25) is 0 Å². The number of ketones is 1. The third kappa shape index (κ3) is 4.15. The molecule has 1 amide bonds. The zero-order valence-electron chi connectivity index (χ0n) is 18.7. The highest BCUT2D eigenvalue weighted by atomic mass is 19.1. The minimum absolute atomic E-state index is 0.0119. The van der Waals surface area contributed by atoms with Gasteiger partial charge < -0.3 is 10.6 Å². The van der Waals surface area contributed by atoms with Crippen LogP contribution >= 0.6 is 0 Å². The first-order valence-corrected chi connectivity index (χ1v) is 11.3. The lowest BCUT2D eigenvalue weighted by molar-refractivity contribution is -0.116. The van der Waals surface area contributed by atoms with Gasteiger partial charge in [0.15, 0.2) is 5.78 Å². The number of allylic oxidation sites excluding steroid dienone is 3. The highest BCUT2D eigenvalue weighted by Crippen LogP contribution is 2.45. The van der Waals surface area contributed by atoms with Crippen molar-refractivity contribution in [2.75, 3.05) is 5.32 Å². The lowest BCUT2D eigenvalue weighted by Crippen LogP contribution is -2.37. The summed E-state index contributed by atoms with van der Waals surface area (Å²) in [6.45, 7) is 1.84. The molecule has 2 aliphatic rings. The molecule has 2 heterocycles. The Balaban J connectivity index is 1.54. The normalized spacial score (nSPS) is 20.0. The maximum Gasteiger partial charge on any atom is 0.254 e. The van der Waals surface area contributed by atoms with Crippen LogP contribution in [0.4, 0.5) is 10.1 Å². The molecule has 170 valence electrons. The number of carbonyl (C=O) groups excluding carboxylic acids is 2. The molecule has 1 aromatic heterocycles. The molecule has 5 rings (SSSR count). The van der Waals surface area contributed by atoms with Crippen molar-refractivity contribution < 1.29 is 14.0 Å². The van der Waals surface area contributed by atoms with Crippen molar-refractivity contribution in [3.63, 3.8) is 0 Å². The molecule has 0 spiro atoms. The van der Waals surface area contributed by atoms with Crippen molar-refractivity contribution in [2.45, 2.75) is 31.6 Å². The fraction of sp³-hybridized carbons (Fsp3) is 0.179. The number of benzene rings is 2. The van der Waals surface area contributed by atoms with Crippen LogP contribution < -0.4 is 10.6 Å². The van der Waals surface area contributed by atoms with E-state index >= 15 is 0 Å². The number of nitrogens with zero attached hydrogens (tertiary/aromatic N) is 1. The molecule has 2 atom stereocenters. The maximum absolute atomic E-state index is 13.5. The van der Waals surface area contributed by atoms with Crippen LogP contribution in [0.1, 0.15) is 42.9 Å². The SMILES string of the molecule is CC1=C(C(=O)Nc2ccc(F)cc2)[C@H](c2ccccn2)C2=C(C[C@@H](c3ccccc3)CC2=O)N1. The van der Waals surface area contributed by atoms with Crippen LogP contribution in [-0.2, 0) is 9.59 Å². The third-order valence-electron chi connectivity index (χ3n) is 6.43. The van der Waals surface area contributed by atoms with Crippen LogP contribution in [0, 0.1) is 5.82 Å². The highest BCUT2D eigenvalue weighted by molar-refractivity contribution is 6.09. The highest BCUT2D eigenvalue weighted by Gasteiger charge is 2.41. The topological polar surface area (TPSA) is 71.1 Å². The van der Waals surface area contributed by atoms with Crippen LogP contribution in [0.5, 0.6) is 0 Å². The van der Waals surface area contributed by atoms with Gasteiger partial charge in [-0.05, 0) is 61.2 Å². The van der Waals surface area contributed by atoms with Gasteiger partial charge in [-0.3, -0.25) is 14.6 Å². The van der Waals surface area contributed by atoms with Gasteiger partial charge in [0.25, 0.3) is 5.91 Å². The van der Waals surface area contributed by atoms with E-state index in [1.807, 2.05) is 55.5 Å². The molecule has 34 heavy (non-hydrogen) atoms. The Morgan fingerprint density at radius 3 is 2.44 bits per heavy atom. The van der Waals surface area contributed by atoms with E-state index in [-0.39, 0.29) is 23.4 Å². The van der Waals surface area contributed by atoms with Gasteiger partial charge in [-0.15, -0.1) is 0 Å². The smallest absolute Gasteiger partial charge is 0.254 e. The number of carbonyl (C=O) groups is 2. The molecule has 0 unspecified atom stereocenters. The molecule has 1 aliphatic carbocycles. The van der Waals surface area contributed by atoms with E-state index < -0.39 is 5.92 Å². The number of aromatic nitrogens is 1. The van der Waals surface area contributed by atoms with Gasteiger partial charge in [-0.2, -0.15) is 0 Å². The number of hydrogen-bond acceptors (Lipinski definition) is 4. The van der Waals surface area contributed by atoms with Crippen molar-refractivity contribution in [2.24, 2.45) is 0 Å². The summed E-state index contributed by atoms with van der Waals surface area (Å²) in [5, 5.41) is 6.21. The fourth-order valence-corrected chi connectivity index (χ4v) is 4.88. The average Bonchev–Trinajstić information content (AvgIpc) is 2.85. The minimum Gasteiger partial charge on any atom is -0.362 e. The zero-order chi connectivity index (χ0) is 23.7. The van der Waals surface area contributed by atoms with E-state index in [9.17, 15) is 14.0 Å². The minimum atomic E-state index is -0.581. The molecular formula is C28H24FN3O2. The summed E-state index contributed by atoms with van der Waals surface area (Å²) in [5.74, 6) is -1.22. The fourth-order valence-electron chi connectivity index (χ4n) is 4.88. The summed E-state index contributed by atoms with van der Waals surface area (Å²) in [4.78, 5) is 31.5. The first kappa shape index (κ1) is 21.8. The Hall–Kier alpha value is -4.06. The van der Waals surface area contributed by atoms with E-state index in [2.05, 4.69) is 15.6 Å². The first-order chi connectivity index (χ1) is 16.5. The van der Waals surface area contributed by atoms with Crippen molar-refractivity contribution >= 4 is 17.4 Å². The number of anilines is 1. The van der Waals surface area contributed by atoms with Gasteiger partial charge in [-0.25, -0.2) is 4.39 Å². The van der Waals surface area contributed by atoms with Crippen LogP contribution in [0.3, 0.4) is 0 Å². The summed E-state index contributed by atoms with van der Waals surface area (Å²) in [6, 6.07) is 21.1. The van der Waals surface area contributed by atoms with Crippen LogP contribution in [0.15, 0.2) is 102 Å². The molecule has 0 saturated carbocycles. The van der Waals surface area contributed by atoms with Crippen molar-refractivity contribution in [3.8, 4) is 0 Å². The Kier molecular flexibility index (Phi) is 5.80. The summed E-state index contributed by atoms with van der Waals surface area (Å²) in [6.07, 6.45) is 2.72. The number of Topliss-reactive ketones (excluding diaryl/α,β-unsaturated/α-hetero) is 1. The lowest BCUT2D eigenvalue weighted by Gasteiger charge is -2.36. The van der Waals surface area contributed by atoms with Gasteiger partial charge in [0, 0.05) is 40.8 Å². The van der Waals surface area contributed by atoms with Crippen LogP contribution in [0.25, 0.3) is 0 Å². The average molecular weight is 454 g/mol. The lowest BCUT2D eigenvalue weighted by atomic mass is 9.72. The Bertz CT molecular complexity index is 1300. The van der Waals surface area contributed by atoms with Gasteiger partial charge in [0.2, 0.25) is 0 Å². The van der Waals surface area contributed by atoms with E-state index in [1.165, 1.54) is 24.3 Å². The molecular weight excluding hydrogens is 429 g/mol. The molecule has 0 saturated heterocycles. The monoisotopic (exact) mass is 453 g/mol. The predicted molar refractivity (Wildman–Crippen MR) is 128 cm³/mol. The first-order valence-electron chi connectivity index (χ1n) is 11.3. The quantitative estimate of drug-likeness (QED) is 0.568. The zero-order valence-corrected chi connectivity index (χ0v) is 18.7. The number of halogens is 1. The van der Waals surface area contributed by atoms with Crippen molar-refractivity contribution in [3.05, 3.63) is 119 Å². The van der Waals surface area contributed by atoms with Gasteiger partial charge in [0.05, 0.1) is 11.6 Å². The summed E-state index contributed by atoms with van der Waals surface area (Å²) < 4.78 is 13.3. The van der Waals surface area contributed by atoms with E-state index in [0.29, 0.717) is 41.1 Å². The number of hydrogen-bond donors (Lipinski definition) is 2. The molecule has 0 fully saturated rings. The number of rotatable bonds is 4. The van der Waals surface area contributed by atoms with E-state index in [1.54, 1.807) is 6.20 Å². The Labute approximate surface area is 197 Å². The molecule has 6 heteroatoms. The molecule has 3 aromatic rings. The molecule has 1 aliphatic heterocycles. The number of amides is 1. The molecule has 5 nitrogen and oxygen atoms in total. The van der Waals surface area contributed by atoms with Crippen molar-refractivity contribution in [1.82, 2.24) is 10.3 Å². The Morgan fingerprint density at radius 1 is 1.00 bits per heavy atom. The predicted octanol–water partition coefficient (Wildman–Crippen LogP) is 5.22. The molecule has 2 aromatic carbocycles. The standard InChI is InChI=1S/C28H24FN3O2/c1-17-25(28(34)32-21-12-10-20(29)11-13-21)27(22-9-5-6-14-30-22)26-23(31-17)15-19(16-24(26)33)18-7-3-2-4-8-18/h2-14,19,27,31H,15-16H2,1H3,(H,32,34)/t19-,27+/m1/s1. The van der Waals surface area contributed by atoms with Crippen LogP contribution in [-0.4, -0.2) is 16.7 Å². The third-order valence-corrected chi connectivity index (χ3v) is 6.43. The molecule has 0 bridgehead atoms. The Morgan fingerprint density at radius 2 is 1.74 bits per heavy atom. The van der Waals surface area contributed by atoms with E-state index in [4.69, 9.17) is 0 Å². The molecule has 2 N–H and O–H groups in total.